The molecule has 0 unspecified atom stereocenters. The fourth-order valence-electron chi connectivity index (χ4n) is 4.27. The van der Waals surface area contributed by atoms with Crippen LogP contribution in [-0.2, 0) is 5.54 Å². The van der Waals surface area contributed by atoms with Crippen molar-refractivity contribution < 1.29 is 4.79 Å². The summed E-state index contributed by atoms with van der Waals surface area (Å²) < 4.78 is 1.79. The number of aryl methyl sites for hydroxylation is 2. The van der Waals surface area contributed by atoms with Crippen molar-refractivity contribution in [2.24, 2.45) is 5.92 Å². The van der Waals surface area contributed by atoms with Crippen molar-refractivity contribution in [3.8, 4) is 5.69 Å². The van der Waals surface area contributed by atoms with E-state index in [1.54, 1.807) is 4.68 Å². The lowest BCUT2D eigenvalue weighted by Gasteiger charge is -2.39. The lowest BCUT2D eigenvalue weighted by atomic mass is 9.76. The molecule has 6 heteroatoms. The first-order chi connectivity index (χ1) is 14.0. The number of hydrogen-bond donors (Lipinski definition) is 1. The van der Waals surface area contributed by atoms with Gasteiger partial charge >= 0.3 is 0 Å². The van der Waals surface area contributed by atoms with Gasteiger partial charge in [-0.1, -0.05) is 31.2 Å². The predicted octanol–water partition coefficient (Wildman–Crippen LogP) is 4.11. The van der Waals surface area contributed by atoms with Gasteiger partial charge in [0.15, 0.2) is 5.82 Å². The molecule has 1 saturated carbocycles. The third-order valence-corrected chi connectivity index (χ3v) is 5.87. The number of benzene rings is 2. The average molecular weight is 390 g/mol. The van der Waals surface area contributed by atoms with E-state index in [2.05, 4.69) is 59.8 Å². The van der Waals surface area contributed by atoms with E-state index in [1.807, 2.05) is 30.3 Å². The second kappa shape index (κ2) is 7.78. The van der Waals surface area contributed by atoms with E-state index in [9.17, 15) is 4.79 Å². The van der Waals surface area contributed by atoms with Crippen LogP contribution in [0.5, 0.6) is 0 Å². The molecule has 1 aliphatic carbocycles. The van der Waals surface area contributed by atoms with Gasteiger partial charge in [0.25, 0.3) is 5.91 Å². The molecule has 1 amide bonds. The third-order valence-electron chi connectivity index (χ3n) is 5.87. The van der Waals surface area contributed by atoms with Gasteiger partial charge in [0.05, 0.1) is 5.69 Å². The van der Waals surface area contributed by atoms with E-state index in [4.69, 9.17) is 0 Å². The second-order valence-corrected chi connectivity index (χ2v) is 8.34. The summed E-state index contributed by atoms with van der Waals surface area (Å²) in [5, 5.41) is 16.0. The minimum absolute atomic E-state index is 0.0878. The van der Waals surface area contributed by atoms with Crippen LogP contribution in [0.25, 0.3) is 5.69 Å². The number of nitrogens with zero attached hydrogens (tertiary/aromatic N) is 4. The maximum atomic E-state index is 13.1. The summed E-state index contributed by atoms with van der Waals surface area (Å²) in [6, 6.07) is 15.6. The van der Waals surface area contributed by atoms with Crippen LogP contribution in [0.1, 0.15) is 59.9 Å². The fourth-order valence-corrected chi connectivity index (χ4v) is 4.27. The SMILES string of the molecule is Cc1cc(C)cc(-n2nnnc2C2(NC(=O)c3ccccc3)CCC(C)CC2)c1. The maximum Gasteiger partial charge on any atom is 0.252 e. The number of tetrazole rings is 1. The molecule has 1 N–H and O–H groups in total. The zero-order valence-electron chi connectivity index (χ0n) is 17.2. The maximum absolute atomic E-state index is 13.1. The Morgan fingerprint density at radius 2 is 1.72 bits per heavy atom. The molecule has 29 heavy (non-hydrogen) atoms. The zero-order chi connectivity index (χ0) is 20.4. The Bertz CT molecular complexity index is 983. The molecular weight excluding hydrogens is 362 g/mol. The largest absolute Gasteiger partial charge is 0.339 e. The molecule has 1 aliphatic rings. The predicted molar refractivity (Wildman–Crippen MR) is 112 cm³/mol. The first-order valence-electron chi connectivity index (χ1n) is 10.2. The Balaban J connectivity index is 1.75. The van der Waals surface area contributed by atoms with Crippen LogP contribution in [0, 0.1) is 19.8 Å². The van der Waals surface area contributed by atoms with Gasteiger partial charge in [-0.05, 0) is 91.3 Å². The summed E-state index contributed by atoms with van der Waals surface area (Å²) in [6.45, 7) is 6.39. The van der Waals surface area contributed by atoms with Crippen molar-refractivity contribution >= 4 is 5.91 Å². The van der Waals surface area contributed by atoms with Gasteiger partial charge in [-0.2, -0.15) is 4.68 Å². The number of amides is 1. The van der Waals surface area contributed by atoms with Crippen molar-refractivity contribution in [1.82, 2.24) is 25.5 Å². The summed E-state index contributed by atoms with van der Waals surface area (Å²) in [6.07, 6.45) is 3.68. The number of rotatable bonds is 4. The molecule has 0 saturated heterocycles. The van der Waals surface area contributed by atoms with Crippen molar-refractivity contribution in [1.29, 1.82) is 0 Å². The summed E-state index contributed by atoms with van der Waals surface area (Å²) in [7, 11) is 0. The van der Waals surface area contributed by atoms with Gasteiger partial charge in [0, 0.05) is 5.56 Å². The molecule has 4 rings (SSSR count). The molecule has 2 aromatic carbocycles. The molecular formula is C23H27N5O. The molecule has 1 aromatic heterocycles. The van der Waals surface area contributed by atoms with E-state index in [0.29, 0.717) is 17.3 Å². The third kappa shape index (κ3) is 3.92. The number of hydrogen-bond acceptors (Lipinski definition) is 4. The highest BCUT2D eigenvalue weighted by atomic mass is 16.1. The van der Waals surface area contributed by atoms with Gasteiger partial charge in [-0.15, -0.1) is 5.10 Å². The van der Waals surface area contributed by atoms with E-state index in [1.165, 1.54) is 0 Å². The normalized spacial score (nSPS) is 21.7. The molecule has 0 aliphatic heterocycles. The van der Waals surface area contributed by atoms with Gasteiger partial charge < -0.3 is 5.32 Å². The van der Waals surface area contributed by atoms with Crippen LogP contribution < -0.4 is 5.32 Å². The van der Waals surface area contributed by atoms with Crippen LogP contribution in [0.2, 0.25) is 0 Å². The van der Waals surface area contributed by atoms with Gasteiger partial charge in [-0.25, -0.2) is 0 Å². The number of aromatic nitrogens is 4. The Hall–Kier alpha value is -3.02. The lowest BCUT2D eigenvalue weighted by Crippen LogP contribution is -2.49. The van der Waals surface area contributed by atoms with Gasteiger partial charge in [0.1, 0.15) is 5.54 Å². The Labute approximate surface area is 171 Å². The van der Waals surface area contributed by atoms with Crippen molar-refractivity contribution in [2.45, 2.75) is 52.0 Å². The average Bonchev–Trinajstić information content (AvgIpc) is 3.20. The highest BCUT2D eigenvalue weighted by molar-refractivity contribution is 5.94. The minimum atomic E-state index is -0.583. The smallest absolute Gasteiger partial charge is 0.252 e. The quantitative estimate of drug-likeness (QED) is 0.729. The monoisotopic (exact) mass is 389 g/mol. The first kappa shape index (κ1) is 19.3. The number of carbonyl (C=O) groups is 1. The highest BCUT2D eigenvalue weighted by Crippen LogP contribution is 2.39. The molecule has 0 spiro atoms. The van der Waals surface area contributed by atoms with Crippen LogP contribution in [0.3, 0.4) is 0 Å². The van der Waals surface area contributed by atoms with Crippen LogP contribution in [0.15, 0.2) is 48.5 Å². The number of carbonyl (C=O) groups excluding carboxylic acids is 1. The Kier molecular flexibility index (Phi) is 5.18. The molecule has 0 bridgehead atoms. The number of nitrogens with one attached hydrogen (secondary N) is 1. The van der Waals surface area contributed by atoms with Crippen molar-refractivity contribution in [2.75, 3.05) is 0 Å². The first-order valence-corrected chi connectivity index (χ1v) is 10.2. The minimum Gasteiger partial charge on any atom is -0.339 e. The second-order valence-electron chi connectivity index (χ2n) is 8.34. The van der Waals surface area contributed by atoms with Gasteiger partial charge in [-0.3, -0.25) is 4.79 Å². The Morgan fingerprint density at radius 1 is 1.07 bits per heavy atom. The van der Waals surface area contributed by atoms with E-state index in [-0.39, 0.29) is 5.91 Å². The van der Waals surface area contributed by atoms with Crippen molar-refractivity contribution in [3.63, 3.8) is 0 Å². The summed E-state index contributed by atoms with van der Waals surface area (Å²) in [5.41, 5.74) is 3.30. The van der Waals surface area contributed by atoms with Crippen LogP contribution >= 0.6 is 0 Å². The van der Waals surface area contributed by atoms with Crippen LogP contribution in [0.4, 0.5) is 0 Å². The lowest BCUT2D eigenvalue weighted by molar-refractivity contribution is 0.0836. The molecule has 6 nitrogen and oxygen atoms in total. The van der Waals surface area contributed by atoms with Gasteiger partial charge in [0.2, 0.25) is 0 Å². The van der Waals surface area contributed by atoms with Crippen LogP contribution in [-0.4, -0.2) is 26.1 Å². The van der Waals surface area contributed by atoms with E-state index in [0.717, 1.165) is 42.5 Å². The van der Waals surface area contributed by atoms with Crippen molar-refractivity contribution in [3.05, 3.63) is 71.0 Å². The molecule has 0 radical (unpaired) electrons. The molecule has 1 heterocycles. The molecule has 150 valence electrons. The summed E-state index contributed by atoms with van der Waals surface area (Å²) in [5.74, 6) is 1.25. The molecule has 0 atom stereocenters. The zero-order valence-corrected chi connectivity index (χ0v) is 17.2. The van der Waals surface area contributed by atoms with E-state index < -0.39 is 5.54 Å². The fraction of sp³-hybridized carbons (Fsp3) is 0.391. The molecule has 3 aromatic rings. The summed E-state index contributed by atoms with van der Waals surface area (Å²) >= 11 is 0. The Morgan fingerprint density at radius 3 is 2.38 bits per heavy atom. The topological polar surface area (TPSA) is 72.7 Å². The summed E-state index contributed by atoms with van der Waals surface area (Å²) in [4.78, 5) is 13.1. The highest BCUT2D eigenvalue weighted by Gasteiger charge is 2.42. The van der Waals surface area contributed by atoms with E-state index >= 15 is 0 Å². The molecule has 1 fully saturated rings. The standard InChI is InChI=1S/C23H27N5O/c1-16-9-11-23(12-10-16,24-21(29)19-7-5-4-6-8-19)22-25-26-27-28(22)20-14-17(2)13-18(3)15-20/h4-8,13-16H,9-12H2,1-3H3,(H,24,29).